The molecule has 1 aromatic carbocycles. The highest BCUT2D eigenvalue weighted by molar-refractivity contribution is 14.0. The number of halogens is 1. The Labute approximate surface area is 175 Å². The van der Waals surface area contributed by atoms with Gasteiger partial charge in [0.2, 0.25) is 0 Å². The number of nitrogens with one attached hydrogen (secondary N) is 3. The molecule has 0 aromatic heterocycles. The summed E-state index contributed by atoms with van der Waals surface area (Å²) in [5, 5.41) is 9.61. The van der Waals surface area contributed by atoms with Crippen LogP contribution in [0.1, 0.15) is 62.9 Å². The van der Waals surface area contributed by atoms with Crippen LogP contribution in [0.5, 0.6) is 0 Å². The quantitative estimate of drug-likeness (QED) is 0.274. The number of rotatable bonds is 10. The van der Waals surface area contributed by atoms with Gasteiger partial charge in [-0.05, 0) is 37.0 Å². The van der Waals surface area contributed by atoms with Gasteiger partial charge in [-0.15, -0.1) is 24.0 Å². The maximum atomic E-state index is 12.1. The molecule has 0 fully saturated rings. The highest BCUT2D eigenvalue weighted by atomic mass is 127. The van der Waals surface area contributed by atoms with Gasteiger partial charge in [0.15, 0.2) is 5.96 Å². The van der Waals surface area contributed by atoms with Crippen molar-refractivity contribution in [1.29, 1.82) is 0 Å². The van der Waals surface area contributed by atoms with Gasteiger partial charge in [0.25, 0.3) is 5.91 Å². The molecule has 1 aromatic rings. The van der Waals surface area contributed by atoms with Crippen LogP contribution in [0.4, 0.5) is 0 Å². The normalized spacial score (nSPS) is 11.0. The predicted molar refractivity (Wildman–Crippen MR) is 121 cm³/mol. The van der Waals surface area contributed by atoms with E-state index < -0.39 is 0 Å². The Morgan fingerprint density at radius 3 is 2.42 bits per heavy atom. The van der Waals surface area contributed by atoms with Gasteiger partial charge >= 0.3 is 0 Å². The minimum absolute atomic E-state index is 0. The largest absolute Gasteiger partial charge is 0.357 e. The Bertz CT molecular complexity index is 544. The molecule has 6 heteroatoms. The Morgan fingerprint density at radius 1 is 1.08 bits per heavy atom. The molecule has 0 unspecified atom stereocenters. The number of amides is 1. The average Bonchev–Trinajstić information content (AvgIpc) is 2.65. The molecule has 0 atom stereocenters. The maximum absolute atomic E-state index is 12.1. The van der Waals surface area contributed by atoms with Gasteiger partial charge in [0.05, 0.1) is 6.54 Å². The number of carbonyl (C=O) groups is 1. The molecule has 1 amide bonds. The summed E-state index contributed by atoms with van der Waals surface area (Å²) in [5.41, 5.74) is 1.72. The molecule has 0 aliphatic heterocycles. The summed E-state index contributed by atoms with van der Waals surface area (Å²) >= 11 is 0. The molecule has 148 valence electrons. The van der Waals surface area contributed by atoms with Crippen molar-refractivity contribution < 1.29 is 4.79 Å². The number of aliphatic imine (C=N–C) groups is 1. The number of guanidine groups is 1. The Morgan fingerprint density at radius 2 is 1.81 bits per heavy atom. The smallest absolute Gasteiger partial charge is 0.251 e. The van der Waals surface area contributed by atoms with Crippen LogP contribution in [0.3, 0.4) is 0 Å². The van der Waals surface area contributed by atoms with Crippen molar-refractivity contribution in [3.63, 3.8) is 0 Å². The van der Waals surface area contributed by atoms with Crippen molar-refractivity contribution in [3.8, 4) is 0 Å². The van der Waals surface area contributed by atoms with Crippen LogP contribution in [-0.2, 0) is 6.54 Å². The third kappa shape index (κ3) is 9.40. The lowest BCUT2D eigenvalue weighted by Crippen LogP contribution is -2.39. The van der Waals surface area contributed by atoms with Crippen molar-refractivity contribution in [2.45, 2.75) is 53.5 Å². The second kappa shape index (κ2) is 14.8. The van der Waals surface area contributed by atoms with E-state index in [9.17, 15) is 4.79 Å². The Hall–Kier alpha value is -1.31. The number of benzene rings is 1. The van der Waals surface area contributed by atoms with Crippen LogP contribution < -0.4 is 16.0 Å². The molecule has 3 N–H and O–H groups in total. The number of hydrogen-bond donors (Lipinski definition) is 3. The van der Waals surface area contributed by atoms with Crippen LogP contribution in [-0.4, -0.2) is 31.5 Å². The van der Waals surface area contributed by atoms with Crippen LogP contribution in [0, 0.1) is 5.92 Å². The Kier molecular flexibility index (Phi) is 14.1. The second-order valence-electron chi connectivity index (χ2n) is 6.21. The van der Waals surface area contributed by atoms with Crippen LogP contribution >= 0.6 is 24.0 Å². The van der Waals surface area contributed by atoms with Crippen molar-refractivity contribution in [2.75, 3.05) is 19.6 Å². The molecular formula is C20H35IN4O. The van der Waals surface area contributed by atoms with E-state index in [0.717, 1.165) is 43.9 Å². The zero-order valence-corrected chi connectivity index (χ0v) is 18.9. The van der Waals surface area contributed by atoms with Gasteiger partial charge in [-0.2, -0.15) is 0 Å². The molecule has 0 bridgehead atoms. The molecule has 1 rings (SSSR count). The van der Waals surface area contributed by atoms with E-state index in [4.69, 9.17) is 0 Å². The number of carbonyl (C=O) groups excluding carboxylic acids is 1. The summed E-state index contributed by atoms with van der Waals surface area (Å²) in [7, 11) is 0. The van der Waals surface area contributed by atoms with Crippen LogP contribution in [0.15, 0.2) is 29.3 Å². The third-order valence-corrected chi connectivity index (χ3v) is 4.20. The lowest BCUT2D eigenvalue weighted by Gasteiger charge is -2.16. The number of hydrogen-bond acceptors (Lipinski definition) is 2. The van der Waals surface area contributed by atoms with Gasteiger partial charge in [-0.3, -0.25) is 4.79 Å². The van der Waals surface area contributed by atoms with Crippen molar-refractivity contribution in [1.82, 2.24) is 16.0 Å². The summed E-state index contributed by atoms with van der Waals surface area (Å²) in [6.07, 6.45) is 3.26. The summed E-state index contributed by atoms with van der Waals surface area (Å²) < 4.78 is 0. The first-order valence-electron chi connectivity index (χ1n) is 9.53. The molecule has 0 aliphatic rings. The summed E-state index contributed by atoms with van der Waals surface area (Å²) in [6, 6.07) is 7.68. The van der Waals surface area contributed by atoms with E-state index in [1.54, 1.807) is 0 Å². The minimum Gasteiger partial charge on any atom is -0.357 e. The van der Waals surface area contributed by atoms with Gasteiger partial charge in [-0.1, -0.05) is 45.7 Å². The summed E-state index contributed by atoms with van der Waals surface area (Å²) in [6.45, 7) is 11.5. The lowest BCUT2D eigenvalue weighted by atomic mass is 10.0. The average molecular weight is 474 g/mol. The summed E-state index contributed by atoms with van der Waals surface area (Å²) in [5.74, 6) is 1.47. The third-order valence-electron chi connectivity index (χ3n) is 4.20. The van der Waals surface area contributed by atoms with Crippen molar-refractivity contribution in [3.05, 3.63) is 35.4 Å². The fourth-order valence-electron chi connectivity index (χ4n) is 2.48. The monoisotopic (exact) mass is 474 g/mol. The fourth-order valence-corrected chi connectivity index (χ4v) is 2.48. The molecule has 0 radical (unpaired) electrons. The highest BCUT2D eigenvalue weighted by Crippen LogP contribution is 2.08. The highest BCUT2D eigenvalue weighted by Gasteiger charge is 2.07. The fraction of sp³-hybridized carbons (Fsp3) is 0.600. The standard InChI is InChI=1S/C20H34N4O.HI/c1-5-12-22-19(25)18-11-9-10-17(13-18)15-24-20(21-8-4)23-14-16(6-2)7-3;/h9-11,13,16H,5-8,12,14-15H2,1-4H3,(H,22,25)(H2,21,23,24);1H. The maximum Gasteiger partial charge on any atom is 0.251 e. The molecule has 0 saturated heterocycles. The van der Waals surface area contributed by atoms with E-state index in [-0.39, 0.29) is 29.9 Å². The SMILES string of the molecule is CCCNC(=O)c1cccc(CN=C(NCC)NCC(CC)CC)c1.I. The van der Waals surface area contributed by atoms with E-state index >= 15 is 0 Å². The first kappa shape index (κ1) is 24.7. The lowest BCUT2D eigenvalue weighted by molar-refractivity contribution is 0.0953. The summed E-state index contributed by atoms with van der Waals surface area (Å²) in [4.78, 5) is 16.7. The predicted octanol–water partition coefficient (Wildman–Crippen LogP) is 3.94. The van der Waals surface area contributed by atoms with Gasteiger partial charge < -0.3 is 16.0 Å². The van der Waals surface area contributed by atoms with Gasteiger partial charge in [0.1, 0.15) is 0 Å². The molecule has 0 saturated carbocycles. The van der Waals surface area contributed by atoms with Gasteiger partial charge in [-0.25, -0.2) is 4.99 Å². The van der Waals surface area contributed by atoms with Crippen LogP contribution in [0.2, 0.25) is 0 Å². The Balaban J connectivity index is 0.00000625. The van der Waals surface area contributed by atoms with E-state index in [2.05, 4.69) is 41.7 Å². The number of nitrogens with zero attached hydrogens (tertiary/aromatic N) is 1. The zero-order valence-electron chi connectivity index (χ0n) is 16.6. The molecular weight excluding hydrogens is 439 g/mol. The molecule has 0 aliphatic carbocycles. The first-order valence-corrected chi connectivity index (χ1v) is 9.53. The first-order chi connectivity index (χ1) is 12.1. The van der Waals surface area contributed by atoms with Crippen molar-refractivity contribution >= 4 is 35.8 Å². The molecule has 0 spiro atoms. The second-order valence-corrected chi connectivity index (χ2v) is 6.21. The zero-order chi connectivity index (χ0) is 18.5. The molecule has 0 heterocycles. The van der Waals surface area contributed by atoms with E-state index in [0.29, 0.717) is 24.6 Å². The van der Waals surface area contributed by atoms with E-state index in [1.165, 1.54) is 0 Å². The molecule has 26 heavy (non-hydrogen) atoms. The minimum atomic E-state index is -0.0218. The van der Waals surface area contributed by atoms with E-state index in [1.807, 2.05) is 31.2 Å². The van der Waals surface area contributed by atoms with Crippen molar-refractivity contribution in [2.24, 2.45) is 10.9 Å². The topological polar surface area (TPSA) is 65.5 Å². The van der Waals surface area contributed by atoms with Gasteiger partial charge in [0, 0.05) is 25.2 Å². The molecule has 5 nitrogen and oxygen atoms in total. The van der Waals surface area contributed by atoms with Crippen LogP contribution in [0.25, 0.3) is 0 Å².